The molecule has 0 atom stereocenters. The summed E-state index contributed by atoms with van der Waals surface area (Å²) in [5, 5.41) is 0. The third-order valence-electron chi connectivity index (χ3n) is 6.20. The standard InChI is InChI=1S/C28H31FNO2/c1-4-5-8-20-11-13-21(14-12-20)28-24-18-27(32-3)26(31-2)17-22(24)15-16-30(28)19-23-9-6-7-10-25(23)29/h6-7,9-14,17-18H,4-5,8,15-16,19H2,1-3H3/q+1. The maximum atomic E-state index is 14.5. The van der Waals surface area contributed by atoms with Gasteiger partial charge in [-0.05, 0) is 60.4 Å². The summed E-state index contributed by atoms with van der Waals surface area (Å²) in [6.45, 7) is 3.54. The minimum Gasteiger partial charge on any atom is -0.493 e. The summed E-state index contributed by atoms with van der Waals surface area (Å²) in [6, 6.07) is 20.0. The maximum Gasteiger partial charge on any atom is 0.215 e. The van der Waals surface area contributed by atoms with E-state index in [-0.39, 0.29) is 5.82 Å². The van der Waals surface area contributed by atoms with E-state index >= 15 is 0 Å². The molecular formula is C28H31FNO2+. The van der Waals surface area contributed by atoms with E-state index in [0.717, 1.165) is 42.0 Å². The quantitative estimate of drug-likeness (QED) is 0.420. The number of methoxy groups -OCH3 is 2. The van der Waals surface area contributed by atoms with Crippen molar-refractivity contribution < 1.29 is 18.4 Å². The van der Waals surface area contributed by atoms with Crippen LogP contribution in [0.1, 0.15) is 47.6 Å². The van der Waals surface area contributed by atoms with E-state index in [2.05, 4.69) is 47.9 Å². The van der Waals surface area contributed by atoms with Crippen LogP contribution in [0.4, 0.5) is 4.39 Å². The number of hydrogen-bond acceptors (Lipinski definition) is 2. The smallest absolute Gasteiger partial charge is 0.215 e. The zero-order valence-corrected chi connectivity index (χ0v) is 19.2. The molecule has 0 N–H and O–H groups in total. The molecule has 3 aromatic carbocycles. The summed E-state index contributed by atoms with van der Waals surface area (Å²) in [6.07, 6.45) is 4.33. The number of rotatable bonds is 8. The Morgan fingerprint density at radius 1 is 0.938 bits per heavy atom. The van der Waals surface area contributed by atoms with Crippen molar-refractivity contribution in [2.75, 3.05) is 20.8 Å². The molecule has 0 amide bonds. The van der Waals surface area contributed by atoms with Gasteiger partial charge in [-0.2, -0.15) is 0 Å². The molecule has 0 spiro atoms. The molecule has 0 radical (unpaired) electrons. The lowest BCUT2D eigenvalue weighted by Crippen LogP contribution is -2.31. The highest BCUT2D eigenvalue weighted by molar-refractivity contribution is 6.11. The molecule has 1 aliphatic heterocycles. The van der Waals surface area contributed by atoms with Crippen molar-refractivity contribution in [1.29, 1.82) is 0 Å². The van der Waals surface area contributed by atoms with Crippen molar-refractivity contribution >= 4 is 5.71 Å². The van der Waals surface area contributed by atoms with Crippen molar-refractivity contribution in [3.63, 3.8) is 0 Å². The van der Waals surface area contributed by atoms with Gasteiger partial charge < -0.3 is 9.47 Å². The molecule has 0 aliphatic carbocycles. The number of ether oxygens (including phenoxy) is 2. The molecule has 0 saturated carbocycles. The second-order valence-corrected chi connectivity index (χ2v) is 8.28. The minimum atomic E-state index is -0.167. The maximum absolute atomic E-state index is 14.5. The van der Waals surface area contributed by atoms with Gasteiger partial charge in [0.15, 0.2) is 18.0 Å². The molecule has 0 aromatic heterocycles. The minimum absolute atomic E-state index is 0.167. The van der Waals surface area contributed by atoms with Crippen LogP contribution >= 0.6 is 0 Å². The fourth-order valence-corrected chi connectivity index (χ4v) is 4.42. The topological polar surface area (TPSA) is 21.5 Å². The monoisotopic (exact) mass is 432 g/mol. The largest absolute Gasteiger partial charge is 0.493 e. The van der Waals surface area contributed by atoms with Gasteiger partial charge in [-0.1, -0.05) is 37.6 Å². The van der Waals surface area contributed by atoms with Crippen LogP contribution in [0.5, 0.6) is 11.5 Å². The molecule has 1 heterocycles. The number of fused-ring (bicyclic) bond motifs is 1. The molecule has 166 valence electrons. The molecule has 0 unspecified atom stereocenters. The Labute approximate surface area is 190 Å². The fourth-order valence-electron chi connectivity index (χ4n) is 4.42. The zero-order chi connectivity index (χ0) is 22.5. The average Bonchev–Trinajstić information content (AvgIpc) is 2.83. The van der Waals surface area contributed by atoms with Gasteiger partial charge in [-0.25, -0.2) is 8.97 Å². The first kappa shape index (κ1) is 22.1. The van der Waals surface area contributed by atoms with Crippen LogP contribution < -0.4 is 9.47 Å². The molecule has 3 aromatic rings. The van der Waals surface area contributed by atoms with Gasteiger partial charge in [0.1, 0.15) is 12.4 Å². The predicted molar refractivity (Wildman–Crippen MR) is 127 cm³/mol. The molecule has 0 fully saturated rings. The first-order chi connectivity index (χ1) is 15.6. The number of aryl methyl sites for hydroxylation is 1. The SMILES string of the molecule is CCCCc1ccc(C2=[N+](Cc3ccccc3F)CCc3cc(OC)c(OC)cc32)cc1. The van der Waals surface area contributed by atoms with Crippen LogP contribution in [-0.2, 0) is 19.4 Å². The first-order valence-electron chi connectivity index (χ1n) is 11.3. The van der Waals surface area contributed by atoms with Gasteiger partial charge in [-0.15, -0.1) is 0 Å². The van der Waals surface area contributed by atoms with Crippen molar-refractivity contribution in [3.8, 4) is 11.5 Å². The van der Waals surface area contributed by atoms with Crippen LogP contribution in [0.25, 0.3) is 0 Å². The Balaban J connectivity index is 1.83. The van der Waals surface area contributed by atoms with Crippen LogP contribution in [0.3, 0.4) is 0 Å². The summed E-state index contributed by atoms with van der Waals surface area (Å²) in [5.41, 5.74) is 6.63. The highest BCUT2D eigenvalue weighted by atomic mass is 19.1. The van der Waals surface area contributed by atoms with Gasteiger partial charge in [0.25, 0.3) is 0 Å². The lowest BCUT2D eigenvalue weighted by molar-refractivity contribution is -0.544. The summed E-state index contributed by atoms with van der Waals surface area (Å²) in [7, 11) is 3.32. The second-order valence-electron chi connectivity index (χ2n) is 8.28. The van der Waals surface area contributed by atoms with Gasteiger partial charge in [0.2, 0.25) is 5.71 Å². The van der Waals surface area contributed by atoms with Crippen LogP contribution in [0.2, 0.25) is 0 Å². The molecule has 0 bridgehead atoms. The molecule has 3 nitrogen and oxygen atoms in total. The van der Waals surface area contributed by atoms with E-state index in [1.807, 2.05) is 12.1 Å². The number of hydrogen-bond donors (Lipinski definition) is 0. The van der Waals surface area contributed by atoms with Crippen molar-refractivity contribution in [2.24, 2.45) is 0 Å². The van der Waals surface area contributed by atoms with Crippen LogP contribution in [0.15, 0.2) is 60.7 Å². The van der Waals surface area contributed by atoms with Gasteiger partial charge in [0.05, 0.1) is 25.3 Å². The predicted octanol–water partition coefficient (Wildman–Crippen LogP) is 5.79. The van der Waals surface area contributed by atoms with E-state index in [4.69, 9.17) is 9.47 Å². The highest BCUT2D eigenvalue weighted by Gasteiger charge is 2.29. The molecule has 1 aliphatic rings. The van der Waals surface area contributed by atoms with E-state index < -0.39 is 0 Å². The zero-order valence-electron chi connectivity index (χ0n) is 19.2. The summed E-state index contributed by atoms with van der Waals surface area (Å²) in [5.74, 6) is 1.28. The number of benzene rings is 3. The molecule has 0 saturated heterocycles. The van der Waals surface area contributed by atoms with Gasteiger partial charge in [-0.3, -0.25) is 0 Å². The van der Waals surface area contributed by atoms with Crippen LogP contribution in [-0.4, -0.2) is 31.1 Å². The summed E-state index contributed by atoms with van der Waals surface area (Å²) >= 11 is 0. The van der Waals surface area contributed by atoms with Crippen molar-refractivity contribution in [3.05, 3.63) is 94.3 Å². The van der Waals surface area contributed by atoms with E-state index in [9.17, 15) is 4.39 Å². The molecular weight excluding hydrogens is 401 g/mol. The van der Waals surface area contributed by atoms with Crippen molar-refractivity contribution in [1.82, 2.24) is 0 Å². The molecule has 4 rings (SSSR count). The lowest BCUT2D eigenvalue weighted by atomic mass is 9.91. The Morgan fingerprint density at radius 3 is 2.34 bits per heavy atom. The molecule has 4 heteroatoms. The third-order valence-corrected chi connectivity index (χ3v) is 6.20. The van der Waals surface area contributed by atoms with E-state index in [0.29, 0.717) is 17.9 Å². The Hall–Kier alpha value is -3.14. The molecule has 32 heavy (non-hydrogen) atoms. The fraction of sp³-hybridized carbons (Fsp3) is 0.321. The number of halogens is 1. The second kappa shape index (κ2) is 9.99. The van der Waals surface area contributed by atoms with Gasteiger partial charge >= 0.3 is 0 Å². The average molecular weight is 433 g/mol. The third kappa shape index (κ3) is 4.55. The number of unbranched alkanes of at least 4 members (excludes halogenated alkanes) is 1. The number of nitrogens with zero attached hydrogens (tertiary/aromatic N) is 1. The van der Waals surface area contributed by atoms with Crippen molar-refractivity contribution in [2.45, 2.75) is 39.2 Å². The van der Waals surface area contributed by atoms with Crippen LogP contribution in [0, 0.1) is 5.82 Å². The first-order valence-corrected chi connectivity index (χ1v) is 11.3. The summed E-state index contributed by atoms with van der Waals surface area (Å²) in [4.78, 5) is 0. The Kier molecular flexibility index (Phi) is 6.89. The van der Waals surface area contributed by atoms with E-state index in [1.54, 1.807) is 20.3 Å². The highest BCUT2D eigenvalue weighted by Crippen LogP contribution is 2.34. The lowest BCUT2D eigenvalue weighted by Gasteiger charge is -2.21. The van der Waals surface area contributed by atoms with Gasteiger partial charge in [0, 0.05) is 12.0 Å². The summed E-state index contributed by atoms with van der Waals surface area (Å²) < 4.78 is 27.9. The normalized spacial score (nSPS) is 13.1. The Morgan fingerprint density at radius 2 is 1.66 bits per heavy atom. The van der Waals surface area contributed by atoms with E-state index in [1.165, 1.54) is 30.0 Å². The Bertz CT molecular complexity index is 1120.